The van der Waals surface area contributed by atoms with Crippen molar-refractivity contribution in [1.82, 2.24) is 55.2 Å². The van der Waals surface area contributed by atoms with Crippen LogP contribution in [0.25, 0.3) is 39.1 Å². The second kappa shape index (κ2) is 25.4. The van der Waals surface area contributed by atoms with E-state index in [1.165, 1.54) is 24.0 Å². The van der Waals surface area contributed by atoms with Crippen molar-refractivity contribution in [3.05, 3.63) is 154 Å². The van der Waals surface area contributed by atoms with Crippen molar-refractivity contribution in [3.8, 4) is 22.5 Å². The van der Waals surface area contributed by atoms with Gasteiger partial charge in [0, 0.05) is 110 Å². The molecule has 6 heterocycles. The predicted octanol–water partition coefficient (Wildman–Crippen LogP) is 10.3. The fourth-order valence-electron chi connectivity index (χ4n) is 10.1. The fourth-order valence-corrected chi connectivity index (χ4v) is 10.5. The first-order valence-electron chi connectivity index (χ1n) is 26.2. The average molecular weight is 1050 g/mol. The number of aldehydes is 1. The largest absolute Gasteiger partial charge is 0.390 e. The van der Waals surface area contributed by atoms with Gasteiger partial charge in [-0.1, -0.05) is 111 Å². The molecule has 3 aliphatic heterocycles. The Morgan fingerprint density at radius 1 is 0.920 bits per heavy atom. The van der Waals surface area contributed by atoms with E-state index in [1.54, 1.807) is 0 Å². The smallest absolute Gasteiger partial charge is 0.134 e. The second-order valence-electron chi connectivity index (χ2n) is 20.5. The van der Waals surface area contributed by atoms with Crippen molar-refractivity contribution in [1.29, 1.82) is 0 Å². The van der Waals surface area contributed by atoms with E-state index in [0.717, 1.165) is 157 Å². The number of hydrogen-bond acceptors (Lipinski definition) is 11. The van der Waals surface area contributed by atoms with Crippen LogP contribution in [0.1, 0.15) is 73.5 Å². The molecule has 3 aromatic carbocycles. The maximum atomic E-state index is 9.98. The SMILES string of the molecule is C=C(CCC(=C)NCCn1ccc(-c2cc(Cl)c(Cl)c3[nH]c4c(c23)CN(C(=C)CO)CC4)n1)NCCCNCc1ccc(-c2c3c(nn2C)C(=C)N(CC2(C)CCN(C)CC2)C=N3)cc1.O=CCCc1ccccc1. The molecule has 14 nitrogen and oxygen atoms in total. The fraction of sp³-hybridized carbons (Fsp3) is 0.390. The number of aliphatic imine (C=N–C) groups is 1. The molecule has 0 bridgehead atoms. The quantitative estimate of drug-likeness (QED) is 0.0310. The Kier molecular flexibility index (Phi) is 18.6. The van der Waals surface area contributed by atoms with Crippen molar-refractivity contribution >= 4 is 58.1 Å². The number of carbonyl (C=O) groups excluding carboxylic acids is 1. The van der Waals surface area contributed by atoms with E-state index in [0.29, 0.717) is 41.8 Å². The molecule has 0 spiro atoms. The lowest BCUT2D eigenvalue weighted by Gasteiger charge is -2.41. The number of allylic oxidation sites excluding steroid dienone is 2. The molecule has 0 radical (unpaired) electrons. The number of fused-ring (bicyclic) bond motifs is 4. The van der Waals surface area contributed by atoms with Gasteiger partial charge in [0.05, 0.1) is 52.1 Å². The molecular weight excluding hydrogens is 980 g/mol. The zero-order valence-electron chi connectivity index (χ0n) is 44.0. The third-order valence-electron chi connectivity index (χ3n) is 14.7. The monoisotopic (exact) mass is 1050 g/mol. The number of aliphatic hydroxyl groups is 1. The van der Waals surface area contributed by atoms with E-state index in [1.807, 2.05) is 71.4 Å². The van der Waals surface area contributed by atoms with Crippen LogP contribution in [0.3, 0.4) is 0 Å². The van der Waals surface area contributed by atoms with Gasteiger partial charge in [-0.25, -0.2) is 4.99 Å². The molecule has 1 fully saturated rings. The molecule has 396 valence electrons. The number of hydrogen-bond donors (Lipinski definition) is 5. The number of rotatable bonds is 23. The number of aliphatic hydroxyl groups excluding tert-OH is 1. The highest BCUT2D eigenvalue weighted by Gasteiger charge is 2.34. The highest BCUT2D eigenvalue weighted by atomic mass is 35.5. The lowest BCUT2D eigenvalue weighted by molar-refractivity contribution is -0.107. The molecule has 0 atom stereocenters. The summed E-state index contributed by atoms with van der Waals surface area (Å²) in [6.07, 6.45) is 12.1. The van der Waals surface area contributed by atoms with Gasteiger partial charge < -0.3 is 45.5 Å². The first kappa shape index (κ1) is 54.8. The van der Waals surface area contributed by atoms with Crippen molar-refractivity contribution < 1.29 is 9.90 Å². The van der Waals surface area contributed by atoms with E-state index in [4.69, 9.17) is 38.4 Å². The maximum absolute atomic E-state index is 9.98. The predicted molar refractivity (Wildman–Crippen MR) is 308 cm³/mol. The van der Waals surface area contributed by atoms with E-state index in [9.17, 15) is 9.90 Å². The molecule has 9 rings (SSSR count). The summed E-state index contributed by atoms with van der Waals surface area (Å²) in [6, 6.07) is 22.6. The van der Waals surface area contributed by atoms with Gasteiger partial charge in [-0.2, -0.15) is 10.2 Å². The molecule has 3 aliphatic rings. The van der Waals surface area contributed by atoms with Gasteiger partial charge in [0.1, 0.15) is 17.7 Å². The topological polar surface area (TPSA) is 147 Å². The first-order valence-corrected chi connectivity index (χ1v) is 26.9. The summed E-state index contributed by atoms with van der Waals surface area (Å²) in [6.45, 7) is 27.8. The van der Waals surface area contributed by atoms with Crippen LogP contribution in [-0.4, -0.2) is 116 Å². The summed E-state index contributed by atoms with van der Waals surface area (Å²) in [4.78, 5) is 25.1. The van der Waals surface area contributed by atoms with E-state index < -0.39 is 0 Å². The number of aryl methyl sites for hydroxylation is 2. The van der Waals surface area contributed by atoms with Crippen LogP contribution in [0.15, 0.2) is 121 Å². The third-order valence-corrected chi connectivity index (χ3v) is 15.5. The molecule has 75 heavy (non-hydrogen) atoms. The van der Waals surface area contributed by atoms with Crippen molar-refractivity contribution in [2.45, 2.75) is 77.9 Å². The summed E-state index contributed by atoms with van der Waals surface area (Å²) in [7, 11) is 4.19. The molecule has 0 unspecified atom stereocenters. The molecule has 0 aliphatic carbocycles. The Morgan fingerprint density at radius 3 is 2.37 bits per heavy atom. The van der Waals surface area contributed by atoms with Crippen LogP contribution in [0.2, 0.25) is 10.0 Å². The lowest BCUT2D eigenvalue weighted by Crippen LogP contribution is -2.43. The highest BCUT2D eigenvalue weighted by molar-refractivity contribution is 6.45. The Hall–Kier alpha value is -6.42. The normalized spacial score (nSPS) is 15.0. The minimum absolute atomic E-state index is 0.0762. The summed E-state index contributed by atoms with van der Waals surface area (Å²) in [5.41, 5.74) is 15.0. The summed E-state index contributed by atoms with van der Waals surface area (Å²) < 4.78 is 3.87. The number of H-pyrrole nitrogens is 1. The van der Waals surface area contributed by atoms with Crippen LogP contribution >= 0.6 is 23.2 Å². The number of benzene rings is 3. The van der Waals surface area contributed by atoms with Crippen molar-refractivity contribution in [2.24, 2.45) is 17.5 Å². The first-order chi connectivity index (χ1) is 36.2. The second-order valence-corrected chi connectivity index (χ2v) is 21.3. The molecule has 16 heteroatoms. The Morgan fingerprint density at radius 2 is 1.65 bits per heavy atom. The number of likely N-dealkylation sites (tertiary alicyclic amines) is 1. The van der Waals surface area contributed by atoms with Gasteiger partial charge in [0.25, 0.3) is 0 Å². The average Bonchev–Trinajstić information content (AvgIpc) is 4.16. The Labute approximate surface area is 452 Å². The highest BCUT2D eigenvalue weighted by Crippen LogP contribution is 2.43. The molecular formula is C59H74Cl2N12O2. The zero-order valence-corrected chi connectivity index (χ0v) is 45.5. The molecule has 5 N–H and O–H groups in total. The van der Waals surface area contributed by atoms with Crippen molar-refractivity contribution in [3.63, 3.8) is 0 Å². The molecule has 0 saturated carbocycles. The van der Waals surface area contributed by atoms with Crippen LogP contribution in [-0.2, 0) is 44.3 Å². The van der Waals surface area contributed by atoms with Gasteiger partial charge in [-0.15, -0.1) is 0 Å². The van der Waals surface area contributed by atoms with Crippen LogP contribution in [0, 0.1) is 5.41 Å². The number of nitrogens with one attached hydrogen (secondary N) is 4. The van der Waals surface area contributed by atoms with Gasteiger partial charge in [-0.3, -0.25) is 9.36 Å². The molecule has 3 aromatic heterocycles. The molecule has 1 saturated heterocycles. The lowest BCUT2D eigenvalue weighted by atomic mass is 9.80. The third kappa shape index (κ3) is 13.7. The van der Waals surface area contributed by atoms with Crippen LogP contribution < -0.4 is 16.0 Å². The van der Waals surface area contributed by atoms with E-state index in [-0.39, 0.29) is 12.0 Å². The van der Waals surface area contributed by atoms with Crippen LogP contribution in [0.4, 0.5) is 5.69 Å². The van der Waals surface area contributed by atoms with Gasteiger partial charge >= 0.3 is 0 Å². The zero-order chi connectivity index (χ0) is 53.1. The van der Waals surface area contributed by atoms with Gasteiger partial charge in [0.15, 0.2) is 0 Å². The standard InChI is InChI=1S/C50H64Cl2N12O.C9H10O/c1-33(9-10-34(2)55-21-26-64-23-16-43(58-64)39-27-41(51)45(52)47-44(39)40-29-62(35(3)30-65)22-15-42(40)57-47)54-20-8-19-53-28-37-11-13-38(14-12-37)49-48-46(59-61(49)7)36(4)63(32-56-48)31-50(5)17-24-60(6)25-18-50;10-8-4-7-9-5-2-1-3-6-9/h11-14,16,23,27,32,53-55,57,65H,1-4,8-10,15,17-22,24-26,28-31H2,5-7H3;1-3,5-6,8H,4,7H2. The van der Waals surface area contributed by atoms with Gasteiger partial charge in [-0.05, 0) is 93.9 Å². The minimum Gasteiger partial charge on any atom is -0.390 e. The van der Waals surface area contributed by atoms with Gasteiger partial charge in [0.2, 0.25) is 0 Å². The van der Waals surface area contributed by atoms with Crippen molar-refractivity contribution in [2.75, 3.05) is 59.5 Å². The summed E-state index contributed by atoms with van der Waals surface area (Å²) in [5, 5.41) is 32.0. The van der Waals surface area contributed by atoms with E-state index in [2.05, 4.69) is 100 Å². The Bertz CT molecular complexity index is 3000. The maximum Gasteiger partial charge on any atom is 0.134 e. The van der Waals surface area contributed by atoms with Crippen LogP contribution in [0.5, 0.6) is 0 Å². The molecule has 0 amide bonds. The number of nitrogens with zero attached hydrogens (tertiary/aromatic N) is 8. The summed E-state index contributed by atoms with van der Waals surface area (Å²) in [5.74, 6) is 0. The number of aromatic nitrogens is 5. The van der Waals surface area contributed by atoms with E-state index >= 15 is 0 Å². The number of halogens is 2. The number of piperidine rings is 1. The number of carbonyl (C=O) groups is 1. The Balaban J connectivity index is 0.000000670. The minimum atomic E-state index is -0.0762. The summed E-state index contributed by atoms with van der Waals surface area (Å²) >= 11 is 13.3. The molecule has 6 aromatic rings. The number of aromatic amines is 1.